The lowest BCUT2D eigenvalue weighted by Crippen LogP contribution is -2.36. The lowest BCUT2D eigenvalue weighted by molar-refractivity contribution is -0.122. The van der Waals surface area contributed by atoms with Crippen molar-refractivity contribution in [3.8, 4) is 0 Å². The van der Waals surface area contributed by atoms with E-state index in [9.17, 15) is 9.59 Å². The van der Waals surface area contributed by atoms with Crippen LogP contribution in [-0.4, -0.2) is 31.1 Å². The highest BCUT2D eigenvalue weighted by atomic mass is 32.2. The molecule has 1 amide bonds. The van der Waals surface area contributed by atoms with Crippen molar-refractivity contribution in [1.82, 2.24) is 24.5 Å². The summed E-state index contributed by atoms with van der Waals surface area (Å²) in [4.78, 5) is 29.9. The minimum Gasteiger partial charge on any atom is -0.352 e. The molecular weight excluding hydrogens is 350 g/mol. The first-order chi connectivity index (χ1) is 12.3. The van der Waals surface area contributed by atoms with Crippen LogP contribution >= 0.6 is 11.8 Å². The number of carbonyl (C=O) groups is 1. The molecule has 0 atom stereocenters. The number of fused-ring (bicyclic) bond motifs is 1. The number of aromatic nitrogens is 4. The minimum atomic E-state index is -0.358. The average Bonchev–Trinajstić information content (AvgIpc) is 2.87. The largest absolute Gasteiger partial charge is 0.352 e. The topological polar surface area (TPSA) is 81.3 Å². The molecular formula is C18H21N5O2S. The van der Waals surface area contributed by atoms with E-state index in [1.54, 1.807) is 12.4 Å². The highest BCUT2D eigenvalue weighted by molar-refractivity contribution is 7.99. The van der Waals surface area contributed by atoms with E-state index in [1.807, 2.05) is 39.8 Å². The van der Waals surface area contributed by atoms with Crippen LogP contribution in [0.15, 0.2) is 45.3 Å². The molecule has 26 heavy (non-hydrogen) atoms. The molecule has 0 saturated carbocycles. The SMILES string of the molecule is Cc1ccc(Sc2nccn3c(=O)n(CC(=O)NC(C)C)nc23)c(C)c1. The van der Waals surface area contributed by atoms with Crippen LogP contribution < -0.4 is 11.0 Å². The average molecular weight is 371 g/mol. The van der Waals surface area contributed by atoms with Gasteiger partial charge in [-0.3, -0.25) is 4.79 Å². The predicted octanol–water partition coefficient (Wildman–Crippen LogP) is 2.18. The summed E-state index contributed by atoms with van der Waals surface area (Å²) in [5.74, 6) is -0.248. The Bertz CT molecular complexity index is 1020. The van der Waals surface area contributed by atoms with Crippen LogP contribution in [0.25, 0.3) is 5.65 Å². The molecule has 0 aliphatic heterocycles. The second-order valence-electron chi connectivity index (χ2n) is 6.46. The zero-order valence-electron chi connectivity index (χ0n) is 15.2. The van der Waals surface area contributed by atoms with Gasteiger partial charge in [-0.2, -0.15) is 0 Å². The van der Waals surface area contributed by atoms with Crippen LogP contribution in [-0.2, 0) is 11.3 Å². The Balaban J connectivity index is 1.96. The van der Waals surface area contributed by atoms with Gasteiger partial charge >= 0.3 is 5.69 Å². The number of amides is 1. The minimum absolute atomic E-state index is 0.00697. The normalized spacial score (nSPS) is 11.3. The van der Waals surface area contributed by atoms with Crippen LogP contribution in [0.5, 0.6) is 0 Å². The van der Waals surface area contributed by atoms with Crippen LogP contribution in [0.1, 0.15) is 25.0 Å². The standard InChI is InChI=1S/C18H21N5O2S/c1-11(2)20-15(24)10-23-18(25)22-8-7-19-17(16(22)21-23)26-14-6-5-12(3)9-13(14)4/h5-9,11H,10H2,1-4H3,(H,20,24). The number of benzene rings is 1. The third-order valence-electron chi connectivity index (χ3n) is 3.75. The number of nitrogens with zero attached hydrogens (tertiary/aromatic N) is 4. The molecule has 0 aliphatic rings. The van der Waals surface area contributed by atoms with Crippen molar-refractivity contribution in [2.45, 2.75) is 50.2 Å². The van der Waals surface area contributed by atoms with Gasteiger partial charge in [0.15, 0.2) is 5.65 Å². The summed E-state index contributed by atoms with van der Waals surface area (Å²) in [6.45, 7) is 7.70. The monoisotopic (exact) mass is 371 g/mol. The van der Waals surface area contributed by atoms with Crippen molar-refractivity contribution < 1.29 is 4.79 Å². The van der Waals surface area contributed by atoms with Gasteiger partial charge in [0.1, 0.15) is 11.6 Å². The quantitative estimate of drug-likeness (QED) is 0.743. The lowest BCUT2D eigenvalue weighted by Gasteiger charge is -2.07. The van der Waals surface area contributed by atoms with Crippen LogP contribution in [0, 0.1) is 13.8 Å². The number of hydrogen-bond donors (Lipinski definition) is 1. The van der Waals surface area contributed by atoms with Gasteiger partial charge in [-0.05, 0) is 39.3 Å². The van der Waals surface area contributed by atoms with Crippen molar-refractivity contribution in [2.75, 3.05) is 0 Å². The molecule has 2 heterocycles. The highest BCUT2D eigenvalue weighted by Gasteiger charge is 2.15. The molecule has 2 aromatic heterocycles. The second-order valence-corrected chi connectivity index (χ2v) is 7.49. The van der Waals surface area contributed by atoms with Crippen molar-refractivity contribution in [3.63, 3.8) is 0 Å². The third-order valence-corrected chi connectivity index (χ3v) is 4.91. The molecule has 0 aliphatic carbocycles. The van der Waals surface area contributed by atoms with E-state index in [2.05, 4.69) is 21.5 Å². The molecule has 3 rings (SSSR count). The first kappa shape index (κ1) is 18.2. The van der Waals surface area contributed by atoms with E-state index in [0.29, 0.717) is 10.7 Å². The second kappa shape index (κ2) is 7.33. The maximum atomic E-state index is 12.5. The zero-order valence-corrected chi connectivity index (χ0v) is 16.0. The number of nitrogens with one attached hydrogen (secondary N) is 1. The van der Waals surface area contributed by atoms with Gasteiger partial charge in [0.05, 0.1) is 0 Å². The smallest absolute Gasteiger partial charge is 0.350 e. The number of aryl methyl sites for hydroxylation is 2. The highest BCUT2D eigenvalue weighted by Crippen LogP contribution is 2.30. The van der Waals surface area contributed by atoms with E-state index in [1.165, 1.54) is 26.4 Å². The van der Waals surface area contributed by atoms with Crippen molar-refractivity contribution in [3.05, 3.63) is 52.2 Å². The Morgan fingerprint density at radius 2 is 2.08 bits per heavy atom. The maximum absolute atomic E-state index is 12.5. The van der Waals surface area contributed by atoms with Gasteiger partial charge in [0, 0.05) is 23.3 Å². The molecule has 0 radical (unpaired) electrons. The molecule has 1 N–H and O–H groups in total. The summed E-state index contributed by atoms with van der Waals surface area (Å²) >= 11 is 1.46. The Labute approximate surface area is 155 Å². The van der Waals surface area contributed by atoms with E-state index in [4.69, 9.17) is 0 Å². The Hall–Kier alpha value is -2.61. The fraction of sp³-hybridized carbons (Fsp3) is 0.333. The number of rotatable bonds is 5. The third kappa shape index (κ3) is 3.80. The van der Waals surface area contributed by atoms with E-state index in [-0.39, 0.29) is 24.2 Å². The van der Waals surface area contributed by atoms with Crippen molar-refractivity contribution in [2.24, 2.45) is 0 Å². The van der Waals surface area contributed by atoms with Gasteiger partial charge in [-0.15, -0.1) is 5.10 Å². The molecule has 1 aromatic carbocycles. The van der Waals surface area contributed by atoms with Gasteiger partial charge in [-0.1, -0.05) is 29.5 Å². The summed E-state index contributed by atoms with van der Waals surface area (Å²) in [7, 11) is 0. The van der Waals surface area contributed by atoms with E-state index in [0.717, 1.165) is 10.5 Å². The molecule has 0 bridgehead atoms. The first-order valence-electron chi connectivity index (χ1n) is 8.34. The maximum Gasteiger partial charge on any atom is 0.350 e. The molecule has 0 spiro atoms. The van der Waals surface area contributed by atoms with Crippen LogP contribution in [0.4, 0.5) is 0 Å². The van der Waals surface area contributed by atoms with Crippen LogP contribution in [0.3, 0.4) is 0 Å². The molecule has 0 saturated heterocycles. The van der Waals surface area contributed by atoms with Crippen molar-refractivity contribution >= 4 is 23.3 Å². The molecule has 3 aromatic rings. The zero-order chi connectivity index (χ0) is 18.8. The van der Waals surface area contributed by atoms with E-state index >= 15 is 0 Å². The fourth-order valence-corrected chi connectivity index (χ4v) is 3.53. The Kier molecular flexibility index (Phi) is 5.13. The number of carbonyl (C=O) groups excluding carboxylic acids is 1. The molecule has 0 fully saturated rings. The lowest BCUT2D eigenvalue weighted by atomic mass is 10.2. The molecule has 7 nitrogen and oxygen atoms in total. The Morgan fingerprint density at radius 3 is 2.77 bits per heavy atom. The Morgan fingerprint density at radius 1 is 1.31 bits per heavy atom. The number of hydrogen-bond acceptors (Lipinski definition) is 5. The van der Waals surface area contributed by atoms with Gasteiger partial charge < -0.3 is 5.32 Å². The van der Waals surface area contributed by atoms with Gasteiger partial charge in [0.2, 0.25) is 5.91 Å². The molecule has 0 unspecified atom stereocenters. The fourth-order valence-electron chi connectivity index (χ4n) is 2.62. The van der Waals surface area contributed by atoms with Crippen molar-refractivity contribution in [1.29, 1.82) is 0 Å². The first-order valence-corrected chi connectivity index (χ1v) is 9.15. The van der Waals surface area contributed by atoms with E-state index < -0.39 is 0 Å². The van der Waals surface area contributed by atoms with Gasteiger partial charge in [-0.25, -0.2) is 18.9 Å². The van der Waals surface area contributed by atoms with Crippen LogP contribution in [0.2, 0.25) is 0 Å². The summed E-state index contributed by atoms with van der Waals surface area (Å²) in [5, 5.41) is 7.71. The predicted molar refractivity (Wildman–Crippen MR) is 101 cm³/mol. The molecule has 136 valence electrons. The summed E-state index contributed by atoms with van der Waals surface area (Å²) in [6.07, 6.45) is 3.13. The summed E-state index contributed by atoms with van der Waals surface area (Å²) in [5.41, 5.74) is 2.41. The van der Waals surface area contributed by atoms with Gasteiger partial charge in [0.25, 0.3) is 0 Å². The molecule has 8 heteroatoms. The summed E-state index contributed by atoms with van der Waals surface area (Å²) in [6, 6.07) is 6.18. The summed E-state index contributed by atoms with van der Waals surface area (Å²) < 4.78 is 2.59.